The van der Waals surface area contributed by atoms with Gasteiger partial charge in [0, 0.05) is 14.2 Å². The standard InChI is InChI=1S/C6H12BrO5P/c1-5(7)6(8)12-4-13(9,10-2)11-3/h5H,4H2,1-3H3. The summed E-state index contributed by atoms with van der Waals surface area (Å²) in [6.45, 7) is 1.60. The lowest BCUT2D eigenvalue weighted by Gasteiger charge is -2.13. The molecule has 0 aromatic heterocycles. The Morgan fingerprint density at radius 3 is 2.23 bits per heavy atom. The molecule has 0 radical (unpaired) electrons. The highest BCUT2D eigenvalue weighted by atomic mass is 79.9. The number of ether oxygens (including phenoxy) is 1. The summed E-state index contributed by atoms with van der Waals surface area (Å²) in [6, 6.07) is 0. The number of carbonyl (C=O) groups is 1. The van der Waals surface area contributed by atoms with E-state index >= 15 is 0 Å². The molecule has 13 heavy (non-hydrogen) atoms. The minimum absolute atomic E-state index is 0.366. The van der Waals surface area contributed by atoms with Crippen LogP contribution in [0, 0.1) is 0 Å². The fourth-order valence-corrected chi connectivity index (χ4v) is 1.21. The molecule has 0 N–H and O–H groups in total. The lowest BCUT2D eigenvalue weighted by atomic mass is 10.5. The monoisotopic (exact) mass is 274 g/mol. The van der Waals surface area contributed by atoms with Crippen molar-refractivity contribution in [3.8, 4) is 0 Å². The fourth-order valence-electron chi connectivity index (χ4n) is 0.437. The molecule has 0 bridgehead atoms. The van der Waals surface area contributed by atoms with Crippen LogP contribution in [0.3, 0.4) is 0 Å². The molecule has 0 aliphatic carbocycles. The molecule has 1 unspecified atom stereocenters. The molecular formula is C6H12BrO5P. The quantitative estimate of drug-likeness (QED) is 0.434. The molecule has 0 saturated carbocycles. The molecule has 0 aliphatic rings. The van der Waals surface area contributed by atoms with Crippen molar-refractivity contribution in [2.75, 3.05) is 20.6 Å². The lowest BCUT2D eigenvalue weighted by Crippen LogP contribution is -2.15. The Balaban J connectivity index is 4.01. The van der Waals surface area contributed by atoms with Crippen molar-refractivity contribution in [1.29, 1.82) is 0 Å². The van der Waals surface area contributed by atoms with E-state index in [-0.39, 0.29) is 6.35 Å². The Morgan fingerprint density at radius 1 is 1.46 bits per heavy atom. The third kappa shape index (κ3) is 4.76. The Labute approximate surface area is 85.4 Å². The maximum absolute atomic E-state index is 11.3. The zero-order chi connectivity index (χ0) is 10.5. The number of halogens is 1. The van der Waals surface area contributed by atoms with Gasteiger partial charge in [0.15, 0.2) is 6.35 Å². The maximum Gasteiger partial charge on any atom is 0.367 e. The summed E-state index contributed by atoms with van der Waals surface area (Å²) in [6.07, 6.45) is -0.366. The van der Waals surface area contributed by atoms with Crippen LogP contribution in [-0.4, -0.2) is 31.4 Å². The SMILES string of the molecule is COP(=O)(COC(=O)C(C)Br)OC. The highest BCUT2D eigenvalue weighted by Crippen LogP contribution is 2.46. The van der Waals surface area contributed by atoms with Crippen LogP contribution in [0.15, 0.2) is 0 Å². The molecular weight excluding hydrogens is 263 g/mol. The molecule has 0 spiro atoms. The van der Waals surface area contributed by atoms with Crippen LogP contribution in [0.25, 0.3) is 0 Å². The van der Waals surface area contributed by atoms with Crippen LogP contribution in [0.2, 0.25) is 0 Å². The van der Waals surface area contributed by atoms with E-state index < -0.39 is 18.4 Å². The molecule has 0 heterocycles. The first kappa shape index (κ1) is 13.1. The van der Waals surface area contributed by atoms with Gasteiger partial charge in [0.25, 0.3) is 0 Å². The van der Waals surface area contributed by atoms with Crippen molar-refractivity contribution in [2.45, 2.75) is 11.8 Å². The molecule has 0 rings (SSSR count). The summed E-state index contributed by atoms with van der Waals surface area (Å²) >= 11 is 3.01. The van der Waals surface area contributed by atoms with Gasteiger partial charge in [-0.2, -0.15) is 0 Å². The van der Waals surface area contributed by atoms with Crippen molar-refractivity contribution in [2.24, 2.45) is 0 Å². The summed E-state index contributed by atoms with van der Waals surface area (Å²) in [4.78, 5) is 10.5. The molecule has 0 aliphatic heterocycles. The Kier molecular flexibility index (Phi) is 5.80. The predicted molar refractivity (Wildman–Crippen MR) is 51.0 cm³/mol. The van der Waals surface area contributed by atoms with Gasteiger partial charge < -0.3 is 13.8 Å². The van der Waals surface area contributed by atoms with Crippen molar-refractivity contribution in [3.63, 3.8) is 0 Å². The highest BCUT2D eigenvalue weighted by molar-refractivity contribution is 9.10. The lowest BCUT2D eigenvalue weighted by molar-refractivity contribution is -0.140. The molecule has 0 fully saturated rings. The first-order valence-corrected chi connectivity index (χ1v) is 6.11. The number of carbonyl (C=O) groups excluding carboxylic acids is 1. The predicted octanol–water partition coefficient (Wildman–Crippen LogP) is 1.76. The normalized spacial score (nSPS) is 13.8. The fraction of sp³-hybridized carbons (Fsp3) is 0.833. The molecule has 7 heteroatoms. The van der Waals surface area contributed by atoms with Crippen LogP contribution < -0.4 is 0 Å². The Hall–Kier alpha value is 0.1000. The van der Waals surface area contributed by atoms with E-state index in [0.717, 1.165) is 0 Å². The number of hydrogen-bond donors (Lipinski definition) is 0. The van der Waals surface area contributed by atoms with Crippen LogP contribution in [-0.2, 0) is 23.1 Å². The van der Waals surface area contributed by atoms with Crippen molar-refractivity contribution < 1.29 is 23.1 Å². The van der Waals surface area contributed by atoms with Crippen LogP contribution in [0.1, 0.15) is 6.92 Å². The van der Waals surface area contributed by atoms with Crippen LogP contribution >= 0.6 is 23.5 Å². The maximum atomic E-state index is 11.3. The molecule has 78 valence electrons. The summed E-state index contributed by atoms with van der Waals surface area (Å²) in [5.41, 5.74) is 0. The smallest absolute Gasteiger partial charge is 0.367 e. The summed E-state index contributed by atoms with van der Waals surface area (Å²) < 4.78 is 25.1. The molecule has 0 aromatic rings. The average Bonchev–Trinajstić information content (AvgIpc) is 2.13. The second kappa shape index (κ2) is 5.75. The Bertz CT molecular complexity index is 209. The zero-order valence-corrected chi connectivity index (χ0v) is 10.1. The zero-order valence-electron chi connectivity index (χ0n) is 7.65. The summed E-state index contributed by atoms with van der Waals surface area (Å²) in [5.74, 6) is -0.505. The minimum Gasteiger partial charge on any atom is -0.452 e. The van der Waals surface area contributed by atoms with Crippen molar-refractivity contribution in [1.82, 2.24) is 0 Å². The van der Waals surface area contributed by atoms with E-state index in [4.69, 9.17) is 0 Å². The van der Waals surface area contributed by atoms with Gasteiger partial charge in [0.1, 0.15) is 4.83 Å². The van der Waals surface area contributed by atoms with E-state index in [2.05, 4.69) is 29.7 Å². The average molecular weight is 275 g/mol. The topological polar surface area (TPSA) is 61.8 Å². The second-order valence-electron chi connectivity index (χ2n) is 2.18. The van der Waals surface area contributed by atoms with Crippen LogP contribution in [0.4, 0.5) is 0 Å². The van der Waals surface area contributed by atoms with Gasteiger partial charge in [0.05, 0.1) is 0 Å². The van der Waals surface area contributed by atoms with E-state index in [0.29, 0.717) is 0 Å². The molecule has 0 saturated heterocycles. The number of alkyl halides is 1. The number of hydrogen-bond acceptors (Lipinski definition) is 5. The van der Waals surface area contributed by atoms with E-state index in [1.54, 1.807) is 6.92 Å². The van der Waals surface area contributed by atoms with E-state index in [1.807, 2.05) is 0 Å². The highest BCUT2D eigenvalue weighted by Gasteiger charge is 2.24. The number of rotatable bonds is 5. The van der Waals surface area contributed by atoms with Gasteiger partial charge in [-0.05, 0) is 6.92 Å². The van der Waals surface area contributed by atoms with Crippen molar-refractivity contribution in [3.05, 3.63) is 0 Å². The second-order valence-corrected chi connectivity index (χ2v) is 5.77. The first-order valence-electron chi connectivity index (χ1n) is 3.46. The largest absolute Gasteiger partial charge is 0.452 e. The van der Waals surface area contributed by atoms with Gasteiger partial charge in [-0.1, -0.05) is 15.9 Å². The van der Waals surface area contributed by atoms with E-state index in [9.17, 15) is 9.36 Å². The minimum atomic E-state index is -3.24. The molecule has 5 nitrogen and oxygen atoms in total. The summed E-state index contributed by atoms with van der Waals surface area (Å²) in [5, 5.41) is 0. The van der Waals surface area contributed by atoms with Gasteiger partial charge in [-0.15, -0.1) is 0 Å². The number of esters is 1. The van der Waals surface area contributed by atoms with E-state index in [1.165, 1.54) is 14.2 Å². The van der Waals surface area contributed by atoms with Gasteiger partial charge >= 0.3 is 13.6 Å². The molecule has 0 aromatic carbocycles. The third-order valence-corrected chi connectivity index (χ3v) is 3.18. The summed E-state index contributed by atoms with van der Waals surface area (Å²) in [7, 11) is -0.775. The first-order chi connectivity index (χ1) is 5.95. The third-order valence-electron chi connectivity index (χ3n) is 1.25. The Morgan fingerprint density at radius 2 is 1.92 bits per heavy atom. The molecule has 1 atom stereocenters. The van der Waals surface area contributed by atoms with Gasteiger partial charge in [0.2, 0.25) is 0 Å². The molecule has 0 amide bonds. The van der Waals surface area contributed by atoms with Crippen molar-refractivity contribution >= 4 is 29.5 Å². The van der Waals surface area contributed by atoms with Crippen LogP contribution in [0.5, 0.6) is 0 Å². The van der Waals surface area contributed by atoms with Gasteiger partial charge in [-0.25, -0.2) is 0 Å². The van der Waals surface area contributed by atoms with Gasteiger partial charge in [-0.3, -0.25) is 9.36 Å².